The first-order valence-electron chi connectivity index (χ1n) is 13.9. The van der Waals surface area contributed by atoms with Crippen LogP contribution in [-0.4, -0.2) is 42.5 Å². The highest BCUT2D eigenvalue weighted by atomic mass is 32.2. The van der Waals surface area contributed by atoms with Gasteiger partial charge in [-0.2, -0.15) is 4.98 Å². The zero-order valence-electron chi connectivity index (χ0n) is 23.7. The van der Waals surface area contributed by atoms with Crippen LogP contribution in [0.5, 0.6) is 0 Å². The van der Waals surface area contributed by atoms with E-state index in [0.29, 0.717) is 28.8 Å². The fourth-order valence-electron chi connectivity index (χ4n) is 5.49. The summed E-state index contributed by atoms with van der Waals surface area (Å²) in [6, 6.07) is 8.62. The van der Waals surface area contributed by atoms with Crippen molar-refractivity contribution in [1.29, 1.82) is 0 Å². The molecule has 3 aromatic rings. The average Bonchev–Trinajstić information content (AvgIpc) is 2.92. The van der Waals surface area contributed by atoms with Gasteiger partial charge in [-0.15, -0.1) is 0 Å². The number of fused-ring (bicyclic) bond motifs is 1. The van der Waals surface area contributed by atoms with Crippen molar-refractivity contribution in [3.63, 3.8) is 0 Å². The lowest BCUT2D eigenvalue weighted by Gasteiger charge is -2.38. The zero-order chi connectivity index (χ0) is 30.2. The van der Waals surface area contributed by atoms with Gasteiger partial charge in [0.05, 0.1) is 18.0 Å². The number of amides is 2. The summed E-state index contributed by atoms with van der Waals surface area (Å²) >= 11 is 0. The molecule has 1 aliphatic heterocycles. The summed E-state index contributed by atoms with van der Waals surface area (Å²) in [4.78, 5) is 25.8. The van der Waals surface area contributed by atoms with Crippen molar-refractivity contribution in [2.24, 2.45) is 11.7 Å². The van der Waals surface area contributed by atoms with E-state index >= 15 is 4.39 Å². The van der Waals surface area contributed by atoms with E-state index in [0.717, 1.165) is 37.5 Å². The Hall–Kier alpha value is -3.84. The number of nitrogens with zero attached hydrogens (tertiary/aromatic N) is 4. The number of urea groups is 1. The predicted molar refractivity (Wildman–Crippen MR) is 159 cm³/mol. The molecule has 2 amide bonds. The summed E-state index contributed by atoms with van der Waals surface area (Å²) in [6.07, 6.45) is 4.42. The third-order valence-corrected chi connectivity index (χ3v) is 8.92. The number of benzene rings is 2. The maximum Gasteiger partial charge on any atom is 0.330 e. The molecule has 2 heterocycles. The van der Waals surface area contributed by atoms with Crippen LogP contribution in [0.25, 0.3) is 0 Å². The van der Waals surface area contributed by atoms with Crippen LogP contribution in [-0.2, 0) is 22.3 Å². The van der Waals surface area contributed by atoms with E-state index in [1.165, 1.54) is 29.2 Å². The minimum absolute atomic E-state index is 0.113. The molecule has 2 aromatic carbocycles. The van der Waals surface area contributed by atoms with Gasteiger partial charge in [0.25, 0.3) is 0 Å². The van der Waals surface area contributed by atoms with Crippen LogP contribution in [0, 0.1) is 17.6 Å². The van der Waals surface area contributed by atoms with Gasteiger partial charge >= 0.3 is 6.03 Å². The lowest BCUT2D eigenvalue weighted by atomic mass is 9.83. The summed E-state index contributed by atoms with van der Waals surface area (Å²) in [5.41, 5.74) is 7.14. The highest BCUT2D eigenvalue weighted by Crippen LogP contribution is 2.34. The molecule has 224 valence electrons. The second-order valence-corrected chi connectivity index (χ2v) is 13.1. The number of halogens is 2. The first-order valence-corrected chi connectivity index (χ1v) is 15.6. The smallest absolute Gasteiger partial charge is 0.330 e. The maximum atomic E-state index is 15.2. The van der Waals surface area contributed by atoms with Crippen molar-refractivity contribution in [1.82, 2.24) is 9.97 Å². The molecule has 0 saturated heterocycles. The first kappa shape index (κ1) is 29.6. The maximum absolute atomic E-state index is 15.2. The van der Waals surface area contributed by atoms with Gasteiger partial charge < -0.3 is 11.1 Å². The summed E-state index contributed by atoms with van der Waals surface area (Å²) in [7, 11) is -3.98. The molecule has 1 fully saturated rings. The van der Waals surface area contributed by atoms with Crippen molar-refractivity contribution < 1.29 is 22.0 Å². The van der Waals surface area contributed by atoms with E-state index < -0.39 is 27.4 Å². The molecule has 4 N–H and O–H groups in total. The number of rotatable bonds is 8. The molecule has 0 unspecified atom stereocenters. The molecule has 10 nitrogen and oxygen atoms in total. The van der Waals surface area contributed by atoms with Crippen LogP contribution in [0.4, 0.5) is 36.7 Å². The highest BCUT2D eigenvalue weighted by molar-refractivity contribution is 7.91. The number of anilines is 4. The van der Waals surface area contributed by atoms with Crippen molar-refractivity contribution in [3.05, 3.63) is 71.4 Å². The largest absolute Gasteiger partial charge is 0.351 e. The van der Waals surface area contributed by atoms with Gasteiger partial charge in [0.1, 0.15) is 17.5 Å². The van der Waals surface area contributed by atoms with Gasteiger partial charge in [-0.05, 0) is 74.9 Å². The van der Waals surface area contributed by atoms with Gasteiger partial charge in [-0.3, -0.25) is 14.5 Å². The Bertz CT molecular complexity index is 1570. The van der Waals surface area contributed by atoms with Gasteiger partial charge in [0.15, 0.2) is 0 Å². The van der Waals surface area contributed by atoms with E-state index in [1.807, 2.05) is 13.8 Å². The zero-order valence-corrected chi connectivity index (χ0v) is 24.5. The Kier molecular flexibility index (Phi) is 8.33. The second-order valence-electron chi connectivity index (χ2n) is 11.3. The summed E-state index contributed by atoms with van der Waals surface area (Å²) in [5.74, 6) is -0.492. The molecule has 1 aliphatic carbocycles. The molecule has 5 rings (SSSR count). The Balaban J connectivity index is 1.35. The van der Waals surface area contributed by atoms with Crippen LogP contribution in [0.3, 0.4) is 0 Å². The molecule has 0 bridgehead atoms. The monoisotopic (exact) mass is 599 g/mol. The van der Waals surface area contributed by atoms with E-state index in [-0.39, 0.29) is 42.1 Å². The third-order valence-electron chi connectivity index (χ3n) is 7.68. The van der Waals surface area contributed by atoms with E-state index in [4.69, 9.17) is 10.7 Å². The molecule has 2 aliphatic rings. The number of carbonyl (C=O) groups excluding carboxylic acids is 1. The van der Waals surface area contributed by atoms with Gasteiger partial charge in [0, 0.05) is 35.6 Å². The van der Waals surface area contributed by atoms with E-state index in [1.54, 1.807) is 11.1 Å². The summed E-state index contributed by atoms with van der Waals surface area (Å²) in [5, 5.41) is 3.42. The van der Waals surface area contributed by atoms with Crippen LogP contribution in [0.1, 0.15) is 51.2 Å². The summed E-state index contributed by atoms with van der Waals surface area (Å²) in [6.45, 7) is 5.99. The number of sulfonamides is 1. The number of nitrogens with two attached hydrogens (primary N) is 1. The van der Waals surface area contributed by atoms with Crippen LogP contribution in [0.15, 0.2) is 48.7 Å². The molecule has 0 spiro atoms. The van der Waals surface area contributed by atoms with Crippen molar-refractivity contribution in [3.8, 4) is 0 Å². The fraction of sp³-hybridized carbons (Fsp3) is 0.414. The van der Waals surface area contributed by atoms with Gasteiger partial charge in [-0.1, -0.05) is 19.1 Å². The highest BCUT2D eigenvalue weighted by Gasteiger charge is 2.35. The summed E-state index contributed by atoms with van der Waals surface area (Å²) < 4.78 is 55.8. The lowest BCUT2D eigenvalue weighted by molar-refractivity contribution is 0.248. The molecular weight excluding hydrogens is 564 g/mol. The number of aromatic nitrogens is 2. The number of hydrogen-bond donors (Lipinski definition) is 3. The number of carbonyl (C=O) groups is 1. The normalized spacial score (nSPS) is 20.9. The number of nitrogens with one attached hydrogen (secondary N) is 2. The molecule has 3 atom stereocenters. The first-order chi connectivity index (χ1) is 19.9. The molecule has 42 heavy (non-hydrogen) atoms. The predicted octanol–water partition coefficient (Wildman–Crippen LogP) is 4.98. The van der Waals surface area contributed by atoms with E-state index in [2.05, 4.69) is 21.9 Å². The minimum Gasteiger partial charge on any atom is -0.351 e. The van der Waals surface area contributed by atoms with Crippen molar-refractivity contribution in [2.75, 3.05) is 19.8 Å². The van der Waals surface area contributed by atoms with E-state index in [9.17, 15) is 17.6 Å². The molecule has 1 aromatic heterocycles. The van der Waals surface area contributed by atoms with Gasteiger partial charge in [-0.25, -0.2) is 27.0 Å². The SMILES string of the molecule is CC(C)N1C(=O)N(c2ccc(NS(=O)(=O)Cc3ccc(F)cc3)c(F)c2)Cc2cnc(N[C@@H]3CC[C@@H](N)C[C@@H]3C)nc21. The van der Waals surface area contributed by atoms with Crippen LogP contribution >= 0.6 is 0 Å². The Labute approximate surface area is 244 Å². The second kappa shape index (κ2) is 11.8. The number of hydrogen-bond acceptors (Lipinski definition) is 7. The minimum atomic E-state index is -3.98. The Morgan fingerprint density at radius 1 is 1.12 bits per heavy atom. The topological polar surface area (TPSA) is 134 Å². The fourth-order valence-corrected chi connectivity index (χ4v) is 6.69. The standard InChI is InChI=1S/C29H35F2N7O3S/c1-17(2)38-27-20(14-33-28(35-27)34-25-10-8-22(32)12-18(25)3)15-37(29(38)39)23-9-11-26(24(31)13-23)36-42(40,41)16-19-4-6-21(30)7-5-19/h4-7,9,11,13-14,17-18,22,25,36H,8,10,12,15-16,32H2,1-3H3,(H,33,34,35)/t18-,22+,25+/m0/s1. The molecule has 0 radical (unpaired) electrons. The van der Waals surface area contributed by atoms with Crippen molar-refractivity contribution in [2.45, 2.75) is 70.5 Å². The van der Waals surface area contributed by atoms with Gasteiger partial charge in [0.2, 0.25) is 16.0 Å². The molecule has 13 heteroatoms. The third kappa shape index (κ3) is 6.46. The Morgan fingerprint density at radius 2 is 1.86 bits per heavy atom. The Morgan fingerprint density at radius 3 is 2.52 bits per heavy atom. The van der Waals surface area contributed by atoms with Crippen LogP contribution in [0.2, 0.25) is 0 Å². The lowest BCUT2D eigenvalue weighted by Crippen LogP contribution is -2.51. The molecule has 1 saturated carbocycles. The average molecular weight is 600 g/mol. The quantitative estimate of drug-likeness (QED) is 0.333. The van der Waals surface area contributed by atoms with Crippen LogP contribution < -0.4 is 25.6 Å². The van der Waals surface area contributed by atoms with Crippen molar-refractivity contribution >= 4 is 39.2 Å². The molecular formula is C29H35F2N7O3S.